The lowest BCUT2D eigenvalue weighted by atomic mass is 9.95. The van der Waals surface area contributed by atoms with Crippen molar-refractivity contribution < 1.29 is 5.11 Å². The minimum Gasteiger partial charge on any atom is -0.382 e. The molecule has 2 aromatic heterocycles. The van der Waals surface area contributed by atoms with Crippen LogP contribution in [0.3, 0.4) is 0 Å². The Morgan fingerprint density at radius 3 is 2.76 bits per heavy atom. The van der Waals surface area contributed by atoms with Crippen LogP contribution in [0.4, 0.5) is 0 Å². The molecule has 0 bridgehead atoms. The van der Waals surface area contributed by atoms with Gasteiger partial charge in [-0.05, 0) is 24.3 Å². The quantitative estimate of drug-likeness (QED) is 0.659. The van der Waals surface area contributed by atoms with Crippen LogP contribution in [-0.4, -0.2) is 30.6 Å². The minimum absolute atomic E-state index is 0.240. The van der Waals surface area contributed by atoms with Crippen LogP contribution in [-0.2, 0) is 17.9 Å². The zero-order chi connectivity index (χ0) is 17.7. The van der Waals surface area contributed by atoms with Gasteiger partial charge in [-0.1, -0.05) is 35.3 Å². The highest BCUT2D eigenvalue weighted by atomic mass is 35.5. The van der Waals surface area contributed by atoms with Crippen molar-refractivity contribution >= 4 is 35.0 Å². The van der Waals surface area contributed by atoms with Crippen molar-refractivity contribution in [1.82, 2.24) is 19.7 Å². The first-order valence-electron chi connectivity index (χ1n) is 7.55. The largest absolute Gasteiger partial charge is 0.382 e. The predicted molar refractivity (Wildman–Crippen MR) is 101 cm³/mol. The van der Waals surface area contributed by atoms with Crippen molar-refractivity contribution in [2.75, 3.05) is 5.75 Å². The van der Waals surface area contributed by atoms with Crippen molar-refractivity contribution in [1.29, 1.82) is 0 Å². The highest BCUT2D eigenvalue weighted by Crippen LogP contribution is 2.35. The summed E-state index contributed by atoms with van der Waals surface area (Å²) < 4.78 is 1.59. The van der Waals surface area contributed by atoms with Crippen molar-refractivity contribution in [2.45, 2.75) is 17.9 Å². The lowest BCUT2D eigenvalue weighted by Crippen LogP contribution is -2.35. The van der Waals surface area contributed by atoms with Gasteiger partial charge in [0, 0.05) is 33.3 Å². The molecular weight excluding hydrogens is 379 g/mol. The monoisotopic (exact) mass is 394 g/mol. The molecule has 1 unspecified atom stereocenters. The number of pyridine rings is 1. The van der Waals surface area contributed by atoms with Crippen LogP contribution >= 0.6 is 35.0 Å². The summed E-state index contributed by atoms with van der Waals surface area (Å²) in [5.74, 6) is 1.11. The molecule has 130 valence electrons. The molecule has 25 heavy (non-hydrogen) atoms. The molecule has 1 N–H and O–H groups in total. The standard InChI is InChI=1S/C17H16Cl2N4OS/c18-13-4-5-15(16(19)7-13)17(24,9-23-12-20-11-22-23)10-25-8-14-3-1-2-6-21-14/h1-7,11-12,24H,8-10H2. The van der Waals surface area contributed by atoms with Gasteiger partial charge in [-0.15, -0.1) is 0 Å². The molecule has 3 rings (SSSR count). The molecule has 0 spiro atoms. The highest BCUT2D eigenvalue weighted by Gasteiger charge is 2.32. The fourth-order valence-electron chi connectivity index (χ4n) is 2.47. The number of aromatic nitrogens is 4. The van der Waals surface area contributed by atoms with Gasteiger partial charge in [0.2, 0.25) is 0 Å². The lowest BCUT2D eigenvalue weighted by Gasteiger charge is -2.29. The number of rotatable bonds is 7. The van der Waals surface area contributed by atoms with Gasteiger partial charge in [-0.3, -0.25) is 4.98 Å². The molecule has 0 aliphatic rings. The van der Waals surface area contributed by atoms with Gasteiger partial charge in [0.05, 0.1) is 12.2 Å². The Labute approximate surface area is 160 Å². The van der Waals surface area contributed by atoms with Gasteiger partial charge in [0.15, 0.2) is 0 Å². The van der Waals surface area contributed by atoms with Crippen molar-refractivity contribution in [2.24, 2.45) is 0 Å². The van der Waals surface area contributed by atoms with Crippen LogP contribution < -0.4 is 0 Å². The van der Waals surface area contributed by atoms with E-state index >= 15 is 0 Å². The molecule has 3 aromatic rings. The number of benzene rings is 1. The van der Waals surface area contributed by atoms with Crippen LogP contribution in [0.25, 0.3) is 0 Å². The second-order valence-electron chi connectivity index (χ2n) is 5.56. The van der Waals surface area contributed by atoms with Crippen molar-refractivity contribution in [3.63, 3.8) is 0 Å². The normalized spacial score (nSPS) is 13.6. The van der Waals surface area contributed by atoms with Crippen LogP contribution in [0.1, 0.15) is 11.3 Å². The lowest BCUT2D eigenvalue weighted by molar-refractivity contribution is 0.0397. The van der Waals surface area contributed by atoms with E-state index in [1.165, 1.54) is 6.33 Å². The third kappa shape index (κ3) is 4.73. The van der Waals surface area contributed by atoms with Crippen molar-refractivity contribution in [3.8, 4) is 0 Å². The fourth-order valence-corrected chi connectivity index (χ4v) is 4.12. The Balaban J connectivity index is 1.81. The Hall–Kier alpha value is -1.60. The first-order valence-corrected chi connectivity index (χ1v) is 9.46. The molecule has 0 fully saturated rings. The van der Waals surface area contributed by atoms with Crippen LogP contribution in [0.5, 0.6) is 0 Å². The third-order valence-electron chi connectivity index (χ3n) is 3.64. The average Bonchev–Trinajstić information content (AvgIpc) is 3.08. The van der Waals surface area contributed by atoms with E-state index in [0.29, 0.717) is 27.1 Å². The Morgan fingerprint density at radius 1 is 1.20 bits per heavy atom. The van der Waals surface area contributed by atoms with Gasteiger partial charge in [-0.25, -0.2) is 9.67 Å². The fraction of sp³-hybridized carbons (Fsp3) is 0.235. The zero-order valence-corrected chi connectivity index (χ0v) is 15.5. The van der Waals surface area contributed by atoms with E-state index in [-0.39, 0.29) is 6.54 Å². The van der Waals surface area contributed by atoms with E-state index in [9.17, 15) is 5.11 Å². The average molecular weight is 395 g/mol. The third-order valence-corrected chi connectivity index (χ3v) is 5.37. The number of hydrogen-bond acceptors (Lipinski definition) is 5. The number of aliphatic hydroxyl groups is 1. The number of halogens is 2. The van der Waals surface area contributed by atoms with Gasteiger partial charge in [0.1, 0.15) is 18.3 Å². The second-order valence-corrected chi connectivity index (χ2v) is 7.39. The molecule has 1 aromatic carbocycles. The summed E-state index contributed by atoms with van der Waals surface area (Å²) in [5.41, 5.74) is 0.356. The second kappa shape index (κ2) is 8.19. The SMILES string of the molecule is OC(CSCc1ccccn1)(Cn1cncn1)c1ccc(Cl)cc1Cl. The molecule has 0 aliphatic heterocycles. The summed E-state index contributed by atoms with van der Waals surface area (Å²) in [4.78, 5) is 8.24. The molecule has 0 aliphatic carbocycles. The van der Waals surface area contributed by atoms with Gasteiger partial charge in [0.25, 0.3) is 0 Å². The molecular formula is C17H16Cl2N4OS. The first kappa shape index (κ1) is 18.2. The molecule has 0 saturated carbocycles. The highest BCUT2D eigenvalue weighted by molar-refractivity contribution is 7.98. The molecule has 0 amide bonds. The molecule has 0 radical (unpaired) electrons. The summed E-state index contributed by atoms with van der Waals surface area (Å²) in [6.45, 7) is 0.240. The number of thioether (sulfide) groups is 1. The number of nitrogens with zero attached hydrogens (tertiary/aromatic N) is 4. The topological polar surface area (TPSA) is 63.8 Å². The van der Waals surface area contributed by atoms with E-state index in [1.807, 2.05) is 18.2 Å². The maximum Gasteiger partial charge on any atom is 0.137 e. The van der Waals surface area contributed by atoms with Crippen molar-refractivity contribution in [3.05, 3.63) is 76.6 Å². The predicted octanol–water partition coefficient (Wildman–Crippen LogP) is 3.80. The van der Waals surface area contributed by atoms with E-state index in [4.69, 9.17) is 23.2 Å². The molecule has 5 nitrogen and oxygen atoms in total. The summed E-state index contributed by atoms with van der Waals surface area (Å²) in [6, 6.07) is 10.9. The van der Waals surface area contributed by atoms with E-state index in [1.54, 1.807) is 47.2 Å². The Morgan fingerprint density at radius 2 is 2.08 bits per heavy atom. The van der Waals surface area contributed by atoms with Crippen LogP contribution in [0.15, 0.2) is 55.2 Å². The molecule has 8 heteroatoms. The van der Waals surface area contributed by atoms with Gasteiger partial charge < -0.3 is 5.11 Å². The molecule has 0 saturated heterocycles. The molecule has 2 heterocycles. The summed E-state index contributed by atoms with van der Waals surface area (Å²) in [5, 5.41) is 16.4. The Kier molecular flexibility index (Phi) is 5.96. The van der Waals surface area contributed by atoms with Gasteiger partial charge >= 0.3 is 0 Å². The summed E-state index contributed by atoms with van der Waals surface area (Å²) in [6.07, 6.45) is 4.76. The minimum atomic E-state index is -1.21. The van der Waals surface area contributed by atoms with E-state index < -0.39 is 5.60 Å². The van der Waals surface area contributed by atoms with Crippen LogP contribution in [0.2, 0.25) is 10.0 Å². The first-order chi connectivity index (χ1) is 12.1. The van der Waals surface area contributed by atoms with Gasteiger partial charge in [-0.2, -0.15) is 16.9 Å². The summed E-state index contributed by atoms with van der Waals surface area (Å²) >= 11 is 13.9. The number of hydrogen-bond donors (Lipinski definition) is 1. The van der Waals surface area contributed by atoms with E-state index in [0.717, 1.165) is 5.69 Å². The molecule has 1 atom stereocenters. The maximum absolute atomic E-state index is 11.3. The Bertz CT molecular complexity index is 817. The summed E-state index contributed by atoms with van der Waals surface area (Å²) in [7, 11) is 0. The zero-order valence-electron chi connectivity index (χ0n) is 13.2. The maximum atomic E-state index is 11.3. The smallest absolute Gasteiger partial charge is 0.137 e. The van der Waals surface area contributed by atoms with E-state index in [2.05, 4.69) is 15.1 Å². The van der Waals surface area contributed by atoms with Crippen LogP contribution in [0, 0.1) is 0 Å².